The average Bonchev–Trinajstić information content (AvgIpc) is 2.67. The summed E-state index contributed by atoms with van der Waals surface area (Å²) in [6.45, 7) is 4.13. The smallest absolute Gasteiger partial charge is 0.164 e. The van der Waals surface area contributed by atoms with Crippen molar-refractivity contribution >= 4 is 11.9 Å². The molecule has 0 bridgehead atoms. The third-order valence-corrected chi connectivity index (χ3v) is 6.57. The van der Waals surface area contributed by atoms with Crippen molar-refractivity contribution in [1.82, 2.24) is 0 Å². The molecule has 5 heteroatoms. The van der Waals surface area contributed by atoms with E-state index in [0.29, 0.717) is 23.7 Å². The molecule has 5 nitrogen and oxygen atoms in total. The van der Waals surface area contributed by atoms with Gasteiger partial charge in [0, 0.05) is 23.0 Å². The standard InChI is InChI=1S/C22H30O5/c1-13-16-7-6-8-20(23)22(16,2)12-15(21(13)24)9-14-10-18(26-4)19(27-5)11-17(14)25-3/h9-11,13,16,20,23H,6-8,12H2,1-5H3/t13?,16?,20-,22-/m0/s1. The van der Waals surface area contributed by atoms with E-state index in [1.54, 1.807) is 27.4 Å². The zero-order valence-electron chi connectivity index (χ0n) is 16.9. The first-order valence-electron chi connectivity index (χ1n) is 9.58. The summed E-state index contributed by atoms with van der Waals surface area (Å²) in [6, 6.07) is 3.59. The van der Waals surface area contributed by atoms with Crippen LogP contribution in [0.1, 0.15) is 45.1 Å². The summed E-state index contributed by atoms with van der Waals surface area (Å²) in [4.78, 5) is 13.1. The molecule has 0 saturated heterocycles. The number of methoxy groups -OCH3 is 3. The van der Waals surface area contributed by atoms with Crippen molar-refractivity contribution < 1.29 is 24.1 Å². The van der Waals surface area contributed by atoms with Crippen LogP contribution in [-0.4, -0.2) is 38.3 Å². The molecule has 148 valence electrons. The molecule has 1 aromatic carbocycles. The van der Waals surface area contributed by atoms with Gasteiger partial charge in [-0.3, -0.25) is 4.79 Å². The number of aliphatic hydroxyl groups excluding tert-OH is 1. The second kappa shape index (κ2) is 7.55. The van der Waals surface area contributed by atoms with Crippen LogP contribution in [0.2, 0.25) is 0 Å². The maximum Gasteiger partial charge on any atom is 0.164 e. The molecular weight excluding hydrogens is 344 g/mol. The van der Waals surface area contributed by atoms with Gasteiger partial charge >= 0.3 is 0 Å². The number of rotatable bonds is 4. The third-order valence-electron chi connectivity index (χ3n) is 6.57. The van der Waals surface area contributed by atoms with Crippen molar-refractivity contribution in [3.05, 3.63) is 23.3 Å². The van der Waals surface area contributed by atoms with E-state index in [1.165, 1.54) is 0 Å². The topological polar surface area (TPSA) is 65.0 Å². The van der Waals surface area contributed by atoms with Gasteiger partial charge in [0.25, 0.3) is 0 Å². The summed E-state index contributed by atoms with van der Waals surface area (Å²) < 4.78 is 16.2. The average molecular weight is 374 g/mol. The maximum absolute atomic E-state index is 13.1. The normalized spacial score (nSPS) is 32.1. The van der Waals surface area contributed by atoms with Gasteiger partial charge in [-0.15, -0.1) is 0 Å². The monoisotopic (exact) mass is 374 g/mol. The van der Waals surface area contributed by atoms with Gasteiger partial charge in [-0.2, -0.15) is 0 Å². The number of hydrogen-bond acceptors (Lipinski definition) is 5. The third kappa shape index (κ3) is 3.33. The van der Waals surface area contributed by atoms with E-state index < -0.39 is 0 Å². The van der Waals surface area contributed by atoms with Gasteiger partial charge in [-0.25, -0.2) is 0 Å². The fourth-order valence-electron chi connectivity index (χ4n) is 4.96. The Morgan fingerprint density at radius 3 is 2.33 bits per heavy atom. The van der Waals surface area contributed by atoms with Crippen LogP contribution in [-0.2, 0) is 4.79 Å². The fraction of sp³-hybridized carbons (Fsp3) is 0.591. The molecule has 2 fully saturated rings. The maximum atomic E-state index is 13.1. The van der Waals surface area contributed by atoms with E-state index in [9.17, 15) is 9.90 Å². The first-order chi connectivity index (χ1) is 12.8. The molecule has 3 rings (SSSR count). The highest BCUT2D eigenvalue weighted by Crippen LogP contribution is 2.53. The van der Waals surface area contributed by atoms with Crippen molar-refractivity contribution in [2.75, 3.05) is 21.3 Å². The van der Waals surface area contributed by atoms with E-state index in [4.69, 9.17) is 14.2 Å². The lowest BCUT2D eigenvalue weighted by Gasteiger charge is -2.51. The summed E-state index contributed by atoms with van der Waals surface area (Å²) >= 11 is 0. The lowest BCUT2D eigenvalue weighted by Crippen LogP contribution is -2.51. The SMILES string of the molecule is COc1cc(OC)c(OC)cc1C=C1C[C@@]2(C)C(CCC[C@@H]2O)C(C)C1=O. The number of ketones is 1. The van der Waals surface area contributed by atoms with Crippen molar-refractivity contribution in [1.29, 1.82) is 0 Å². The van der Waals surface area contributed by atoms with Crippen LogP contribution in [0.15, 0.2) is 17.7 Å². The van der Waals surface area contributed by atoms with Gasteiger partial charge in [0.2, 0.25) is 0 Å². The van der Waals surface area contributed by atoms with Crippen molar-refractivity contribution in [3.8, 4) is 17.2 Å². The predicted octanol–water partition coefficient (Wildman–Crippen LogP) is 3.87. The number of benzene rings is 1. The fourth-order valence-corrected chi connectivity index (χ4v) is 4.96. The molecule has 2 unspecified atom stereocenters. The van der Waals surface area contributed by atoms with Gasteiger partial charge in [0.1, 0.15) is 5.75 Å². The second-order valence-electron chi connectivity index (χ2n) is 8.01. The lowest BCUT2D eigenvalue weighted by molar-refractivity contribution is -0.133. The van der Waals surface area contributed by atoms with E-state index >= 15 is 0 Å². The Balaban J connectivity index is 2.05. The molecular formula is C22H30O5. The molecule has 0 aromatic heterocycles. The minimum Gasteiger partial charge on any atom is -0.496 e. The van der Waals surface area contributed by atoms with Crippen LogP contribution in [0.3, 0.4) is 0 Å². The highest BCUT2D eigenvalue weighted by molar-refractivity contribution is 6.02. The van der Waals surface area contributed by atoms with Crippen LogP contribution in [0, 0.1) is 17.3 Å². The van der Waals surface area contributed by atoms with Crippen molar-refractivity contribution in [2.24, 2.45) is 17.3 Å². The zero-order chi connectivity index (χ0) is 19.8. The Morgan fingerprint density at radius 1 is 1.07 bits per heavy atom. The van der Waals surface area contributed by atoms with Crippen LogP contribution in [0.5, 0.6) is 17.2 Å². The van der Waals surface area contributed by atoms with Crippen LogP contribution < -0.4 is 14.2 Å². The molecule has 2 saturated carbocycles. The minimum absolute atomic E-state index is 0.0870. The number of Topliss-reactive ketones (excluding diaryl/α,β-unsaturated/α-hetero) is 1. The summed E-state index contributed by atoms with van der Waals surface area (Å²) in [7, 11) is 4.75. The minimum atomic E-state index is -0.373. The number of ether oxygens (including phenoxy) is 3. The van der Waals surface area contributed by atoms with E-state index in [2.05, 4.69) is 6.92 Å². The van der Waals surface area contributed by atoms with Crippen LogP contribution in [0.25, 0.3) is 6.08 Å². The number of carbonyl (C=O) groups is 1. The number of carbonyl (C=O) groups excluding carboxylic acids is 1. The number of allylic oxidation sites excluding steroid dienone is 1. The van der Waals surface area contributed by atoms with E-state index in [0.717, 1.165) is 30.4 Å². The number of aliphatic hydroxyl groups is 1. The van der Waals surface area contributed by atoms with Crippen LogP contribution >= 0.6 is 0 Å². The van der Waals surface area contributed by atoms with E-state index in [-0.39, 0.29) is 29.1 Å². The predicted molar refractivity (Wildman–Crippen MR) is 104 cm³/mol. The number of hydrogen-bond donors (Lipinski definition) is 1. The zero-order valence-corrected chi connectivity index (χ0v) is 16.9. The Hall–Kier alpha value is -2.01. The van der Waals surface area contributed by atoms with Gasteiger partial charge in [-0.1, -0.05) is 20.3 Å². The Morgan fingerprint density at radius 2 is 1.70 bits per heavy atom. The summed E-state index contributed by atoms with van der Waals surface area (Å²) in [5.74, 6) is 2.10. The van der Waals surface area contributed by atoms with Gasteiger partial charge in [-0.05, 0) is 42.9 Å². The lowest BCUT2D eigenvalue weighted by atomic mass is 9.54. The Bertz CT molecular complexity index is 753. The summed E-state index contributed by atoms with van der Waals surface area (Å²) in [6.07, 6.45) is 4.90. The molecule has 1 aromatic rings. The molecule has 0 spiro atoms. The highest BCUT2D eigenvalue weighted by Gasteiger charge is 2.51. The first-order valence-corrected chi connectivity index (χ1v) is 9.58. The highest BCUT2D eigenvalue weighted by atomic mass is 16.5. The van der Waals surface area contributed by atoms with Gasteiger partial charge in [0.15, 0.2) is 17.3 Å². The molecule has 0 radical (unpaired) electrons. The summed E-state index contributed by atoms with van der Waals surface area (Å²) in [5, 5.41) is 10.7. The molecule has 2 aliphatic rings. The molecule has 1 N–H and O–H groups in total. The molecule has 4 atom stereocenters. The molecule has 0 aliphatic heterocycles. The Kier molecular flexibility index (Phi) is 5.52. The molecule has 0 heterocycles. The van der Waals surface area contributed by atoms with Gasteiger partial charge < -0.3 is 19.3 Å². The molecule has 2 aliphatic carbocycles. The summed E-state index contributed by atoms with van der Waals surface area (Å²) in [5.41, 5.74) is 1.26. The van der Waals surface area contributed by atoms with Crippen molar-refractivity contribution in [2.45, 2.75) is 45.6 Å². The first kappa shape index (κ1) is 19.7. The largest absolute Gasteiger partial charge is 0.496 e. The quantitative estimate of drug-likeness (QED) is 0.811. The number of fused-ring (bicyclic) bond motifs is 1. The second-order valence-corrected chi connectivity index (χ2v) is 8.01. The Labute approximate surface area is 161 Å². The van der Waals surface area contributed by atoms with Crippen LogP contribution in [0.4, 0.5) is 0 Å². The molecule has 27 heavy (non-hydrogen) atoms. The van der Waals surface area contributed by atoms with Gasteiger partial charge in [0.05, 0.1) is 27.4 Å². The van der Waals surface area contributed by atoms with Crippen molar-refractivity contribution in [3.63, 3.8) is 0 Å². The molecule has 0 amide bonds. The van der Waals surface area contributed by atoms with E-state index in [1.807, 2.05) is 19.1 Å².